The molecule has 30 heavy (non-hydrogen) atoms. The third-order valence-corrected chi connectivity index (χ3v) is 5.82. The van der Waals surface area contributed by atoms with Crippen LogP contribution in [0, 0.1) is 0 Å². The van der Waals surface area contributed by atoms with Gasteiger partial charge in [0.1, 0.15) is 5.75 Å². The Bertz CT molecular complexity index is 1330. The third-order valence-electron chi connectivity index (χ3n) is 4.80. The van der Waals surface area contributed by atoms with E-state index in [1.54, 1.807) is 48.4 Å². The Kier molecular flexibility index (Phi) is 4.61. The molecule has 2 N–H and O–H groups in total. The summed E-state index contributed by atoms with van der Waals surface area (Å²) in [4.78, 5) is 6.86. The number of hydrogen-bond donors (Lipinski definition) is 2. The molecule has 0 aliphatic rings. The second-order valence-corrected chi connectivity index (χ2v) is 7.93. The number of aromatic hydroxyl groups is 2. The monoisotopic (exact) mass is 411 g/mol. The fraction of sp³-hybridized carbons (Fsp3) is 0. The van der Waals surface area contributed by atoms with E-state index in [4.69, 9.17) is 0 Å². The Labute approximate surface area is 177 Å². The standard InChI is InChI=1S/C24H17N3O2S/c28-18-6-4-5-17(13-18)22-14-25-23-21(15-26-27(23)24(22)29)16-9-11-20(12-10-16)30-19-7-2-1-3-8-19/h1-15,28-29H. The van der Waals surface area contributed by atoms with Crippen molar-refractivity contribution < 1.29 is 10.2 Å². The van der Waals surface area contributed by atoms with Gasteiger partial charge >= 0.3 is 0 Å². The van der Waals surface area contributed by atoms with Crippen LogP contribution < -0.4 is 0 Å². The summed E-state index contributed by atoms with van der Waals surface area (Å²) in [5.74, 6) is 0.106. The first-order valence-electron chi connectivity index (χ1n) is 9.37. The molecular weight excluding hydrogens is 394 g/mol. The van der Waals surface area contributed by atoms with E-state index in [2.05, 4.69) is 34.3 Å². The highest BCUT2D eigenvalue weighted by molar-refractivity contribution is 7.99. The van der Waals surface area contributed by atoms with Crippen molar-refractivity contribution in [3.63, 3.8) is 0 Å². The highest BCUT2D eigenvalue weighted by Gasteiger charge is 2.15. The molecule has 146 valence electrons. The van der Waals surface area contributed by atoms with Crippen LogP contribution in [0.3, 0.4) is 0 Å². The lowest BCUT2D eigenvalue weighted by Gasteiger charge is -2.07. The second-order valence-electron chi connectivity index (χ2n) is 6.78. The van der Waals surface area contributed by atoms with E-state index >= 15 is 0 Å². The number of hydrogen-bond acceptors (Lipinski definition) is 5. The second kappa shape index (κ2) is 7.57. The number of benzene rings is 3. The van der Waals surface area contributed by atoms with Crippen LogP contribution in [0.1, 0.15) is 0 Å². The van der Waals surface area contributed by atoms with Crippen molar-refractivity contribution in [2.75, 3.05) is 0 Å². The lowest BCUT2D eigenvalue weighted by atomic mass is 10.1. The predicted molar refractivity (Wildman–Crippen MR) is 118 cm³/mol. The van der Waals surface area contributed by atoms with Gasteiger partial charge in [0.25, 0.3) is 0 Å². The van der Waals surface area contributed by atoms with Gasteiger partial charge in [-0.1, -0.05) is 54.2 Å². The van der Waals surface area contributed by atoms with Crippen molar-refractivity contribution in [1.82, 2.24) is 14.6 Å². The molecule has 0 bridgehead atoms. The molecule has 5 rings (SSSR count). The predicted octanol–water partition coefficient (Wildman–Crippen LogP) is 5.63. The first kappa shape index (κ1) is 18.3. The Morgan fingerprint density at radius 2 is 1.47 bits per heavy atom. The molecule has 0 amide bonds. The average molecular weight is 411 g/mol. The maximum Gasteiger partial charge on any atom is 0.223 e. The number of phenolic OH excluding ortho intramolecular Hbond substituents is 1. The number of fused-ring (bicyclic) bond motifs is 1. The topological polar surface area (TPSA) is 70.7 Å². The molecule has 0 radical (unpaired) electrons. The van der Waals surface area contributed by atoms with Crippen molar-refractivity contribution in [1.29, 1.82) is 0 Å². The van der Waals surface area contributed by atoms with Gasteiger partial charge in [0, 0.05) is 21.6 Å². The summed E-state index contributed by atoms with van der Waals surface area (Å²) in [6.07, 6.45) is 3.30. The molecule has 0 spiro atoms. The molecule has 0 atom stereocenters. The van der Waals surface area contributed by atoms with Gasteiger partial charge in [0.15, 0.2) is 5.65 Å². The molecule has 5 nitrogen and oxygen atoms in total. The van der Waals surface area contributed by atoms with Crippen LogP contribution in [-0.2, 0) is 0 Å². The highest BCUT2D eigenvalue weighted by Crippen LogP contribution is 2.34. The molecule has 0 aliphatic carbocycles. The minimum Gasteiger partial charge on any atom is -0.508 e. The number of phenols is 1. The maximum atomic E-state index is 10.7. The van der Waals surface area contributed by atoms with Crippen molar-refractivity contribution in [3.8, 4) is 33.9 Å². The summed E-state index contributed by atoms with van der Waals surface area (Å²) in [7, 11) is 0. The van der Waals surface area contributed by atoms with Crippen LogP contribution >= 0.6 is 11.8 Å². The zero-order valence-electron chi connectivity index (χ0n) is 15.8. The molecule has 6 heteroatoms. The highest BCUT2D eigenvalue weighted by atomic mass is 32.2. The van der Waals surface area contributed by atoms with Crippen molar-refractivity contribution in [2.24, 2.45) is 0 Å². The quantitative estimate of drug-likeness (QED) is 0.401. The molecule has 0 unspecified atom stereocenters. The molecule has 0 fully saturated rings. The number of aromatic nitrogens is 3. The van der Waals surface area contributed by atoms with Gasteiger partial charge in [-0.2, -0.15) is 9.61 Å². The molecule has 0 saturated heterocycles. The fourth-order valence-electron chi connectivity index (χ4n) is 3.33. The Morgan fingerprint density at radius 1 is 0.700 bits per heavy atom. The molecule has 0 aliphatic heterocycles. The zero-order valence-corrected chi connectivity index (χ0v) is 16.6. The molecular formula is C24H17N3O2S. The van der Waals surface area contributed by atoms with Gasteiger partial charge in [-0.05, 0) is 47.5 Å². The Hall–Kier alpha value is -3.77. The number of rotatable bonds is 4. The molecule has 2 aromatic heterocycles. The van der Waals surface area contributed by atoms with Crippen LogP contribution in [0.4, 0.5) is 0 Å². The van der Waals surface area contributed by atoms with Crippen molar-refractivity contribution >= 4 is 17.4 Å². The summed E-state index contributed by atoms with van der Waals surface area (Å²) >= 11 is 1.70. The van der Waals surface area contributed by atoms with Gasteiger partial charge in [-0.25, -0.2) is 4.98 Å². The van der Waals surface area contributed by atoms with Gasteiger partial charge in [-0.3, -0.25) is 0 Å². The van der Waals surface area contributed by atoms with E-state index in [1.165, 1.54) is 9.41 Å². The lowest BCUT2D eigenvalue weighted by molar-refractivity contribution is 0.437. The van der Waals surface area contributed by atoms with Gasteiger partial charge in [0.2, 0.25) is 5.88 Å². The van der Waals surface area contributed by atoms with E-state index in [-0.39, 0.29) is 11.6 Å². The van der Waals surface area contributed by atoms with Crippen LogP contribution in [0.15, 0.2) is 101 Å². The van der Waals surface area contributed by atoms with E-state index < -0.39 is 0 Å². The lowest BCUT2D eigenvalue weighted by Crippen LogP contribution is -1.94. The fourth-order valence-corrected chi connectivity index (χ4v) is 4.16. The summed E-state index contributed by atoms with van der Waals surface area (Å²) in [6, 6.07) is 25.1. The Balaban J connectivity index is 1.49. The van der Waals surface area contributed by atoms with E-state index in [9.17, 15) is 10.2 Å². The van der Waals surface area contributed by atoms with E-state index in [1.807, 2.05) is 30.3 Å². The van der Waals surface area contributed by atoms with Crippen LogP contribution in [0.25, 0.3) is 27.9 Å². The minimum atomic E-state index is -0.0203. The van der Waals surface area contributed by atoms with Gasteiger partial charge in [-0.15, -0.1) is 0 Å². The summed E-state index contributed by atoms with van der Waals surface area (Å²) in [5, 5.41) is 24.8. The van der Waals surface area contributed by atoms with Gasteiger partial charge < -0.3 is 10.2 Å². The van der Waals surface area contributed by atoms with Crippen molar-refractivity contribution in [2.45, 2.75) is 9.79 Å². The minimum absolute atomic E-state index is 0.0203. The first-order chi connectivity index (χ1) is 14.7. The van der Waals surface area contributed by atoms with Crippen LogP contribution in [0.2, 0.25) is 0 Å². The molecule has 3 aromatic carbocycles. The number of nitrogens with zero attached hydrogens (tertiary/aromatic N) is 3. The average Bonchev–Trinajstić information content (AvgIpc) is 3.20. The zero-order chi connectivity index (χ0) is 20.5. The SMILES string of the molecule is Oc1cccc(-c2cnc3c(-c4ccc(Sc5ccccc5)cc4)cnn3c2O)c1. The van der Waals surface area contributed by atoms with Crippen LogP contribution in [-0.4, -0.2) is 24.8 Å². The Morgan fingerprint density at radius 3 is 2.23 bits per heavy atom. The molecule has 2 heterocycles. The molecule has 5 aromatic rings. The van der Waals surface area contributed by atoms with Gasteiger partial charge in [0.05, 0.1) is 11.8 Å². The normalized spacial score (nSPS) is 11.1. The summed E-state index contributed by atoms with van der Waals surface area (Å²) < 4.78 is 1.42. The molecule has 0 saturated carbocycles. The third kappa shape index (κ3) is 3.38. The summed E-state index contributed by atoms with van der Waals surface area (Å²) in [6.45, 7) is 0. The summed E-state index contributed by atoms with van der Waals surface area (Å²) in [5.41, 5.74) is 3.55. The van der Waals surface area contributed by atoms with Crippen molar-refractivity contribution in [3.05, 3.63) is 91.3 Å². The maximum absolute atomic E-state index is 10.7. The van der Waals surface area contributed by atoms with E-state index in [0.717, 1.165) is 16.0 Å². The first-order valence-corrected chi connectivity index (χ1v) is 10.2. The smallest absolute Gasteiger partial charge is 0.223 e. The largest absolute Gasteiger partial charge is 0.508 e. The van der Waals surface area contributed by atoms with Crippen LogP contribution in [0.5, 0.6) is 11.6 Å². The van der Waals surface area contributed by atoms with E-state index in [0.29, 0.717) is 16.8 Å².